The highest BCUT2D eigenvalue weighted by Gasteiger charge is 1.99. The predicted octanol–water partition coefficient (Wildman–Crippen LogP) is 3.37. The molecule has 1 nitrogen and oxygen atoms in total. The molecule has 1 N–H and O–H groups in total. The second-order valence-electron chi connectivity index (χ2n) is 4.10. The molecular weight excluding hydrogens is 158 g/mol. The molecule has 0 radical (unpaired) electrons. The normalized spacial score (nSPS) is 15.1. The average molecular weight is 183 g/mol. The summed E-state index contributed by atoms with van der Waals surface area (Å²) in [5.74, 6) is 0.726. The molecule has 0 bridgehead atoms. The van der Waals surface area contributed by atoms with Gasteiger partial charge in [0.1, 0.15) is 0 Å². The number of hydrogen-bond donors (Lipinski definition) is 1. The van der Waals surface area contributed by atoms with Crippen LogP contribution in [0.2, 0.25) is 0 Å². The first-order valence-electron chi connectivity index (χ1n) is 5.53. The van der Waals surface area contributed by atoms with Crippen LogP contribution in [0.3, 0.4) is 0 Å². The van der Waals surface area contributed by atoms with Gasteiger partial charge < -0.3 is 5.32 Å². The van der Waals surface area contributed by atoms with Gasteiger partial charge in [-0.15, -0.1) is 0 Å². The summed E-state index contributed by atoms with van der Waals surface area (Å²) in [4.78, 5) is 0. The van der Waals surface area contributed by atoms with Crippen molar-refractivity contribution in [3.8, 4) is 0 Å². The number of rotatable bonds is 6. The zero-order valence-electron chi connectivity index (χ0n) is 9.85. The molecule has 0 heterocycles. The lowest BCUT2D eigenvalue weighted by Crippen LogP contribution is -2.25. The maximum atomic E-state index is 3.46. The van der Waals surface area contributed by atoms with E-state index in [4.69, 9.17) is 0 Å². The van der Waals surface area contributed by atoms with E-state index >= 15 is 0 Å². The summed E-state index contributed by atoms with van der Waals surface area (Å²) in [5, 5.41) is 3.46. The number of hydrogen-bond acceptors (Lipinski definition) is 1. The Morgan fingerprint density at radius 3 is 2.23 bits per heavy atom. The first-order chi connectivity index (χ1) is 6.10. The van der Waals surface area contributed by atoms with E-state index in [0.29, 0.717) is 6.04 Å². The largest absolute Gasteiger partial charge is 0.311 e. The Kier molecular flexibility index (Phi) is 6.97. The van der Waals surface area contributed by atoms with Crippen molar-refractivity contribution in [2.24, 2.45) is 5.92 Å². The van der Waals surface area contributed by atoms with Gasteiger partial charge in [-0.3, -0.25) is 0 Å². The van der Waals surface area contributed by atoms with Crippen molar-refractivity contribution in [3.05, 3.63) is 11.6 Å². The third-order valence-electron chi connectivity index (χ3n) is 2.36. The van der Waals surface area contributed by atoms with E-state index in [1.165, 1.54) is 12.8 Å². The molecule has 13 heavy (non-hydrogen) atoms. The van der Waals surface area contributed by atoms with E-state index in [-0.39, 0.29) is 0 Å². The molecule has 0 aliphatic rings. The highest BCUT2D eigenvalue weighted by molar-refractivity contribution is 5.05. The monoisotopic (exact) mass is 183 g/mol. The molecule has 0 saturated carbocycles. The van der Waals surface area contributed by atoms with Crippen LogP contribution in [0.5, 0.6) is 0 Å². The van der Waals surface area contributed by atoms with Gasteiger partial charge in [0.05, 0.1) is 0 Å². The summed E-state index contributed by atoms with van der Waals surface area (Å²) < 4.78 is 0. The van der Waals surface area contributed by atoms with Gasteiger partial charge in [-0.05, 0) is 12.3 Å². The molecule has 1 atom stereocenters. The summed E-state index contributed by atoms with van der Waals surface area (Å²) in [6.07, 6.45) is 4.82. The summed E-state index contributed by atoms with van der Waals surface area (Å²) in [7, 11) is 0. The fourth-order valence-electron chi connectivity index (χ4n) is 1.16. The van der Waals surface area contributed by atoms with Crippen molar-refractivity contribution in [1.29, 1.82) is 0 Å². The molecule has 0 aromatic heterocycles. The molecule has 0 rings (SSSR count). The Hall–Kier alpha value is -0.300. The molecule has 0 saturated heterocycles. The van der Waals surface area contributed by atoms with E-state index in [2.05, 4.69) is 46.0 Å². The van der Waals surface area contributed by atoms with Crippen molar-refractivity contribution in [2.45, 2.75) is 53.5 Å². The van der Waals surface area contributed by atoms with Crippen LogP contribution in [0, 0.1) is 5.92 Å². The van der Waals surface area contributed by atoms with Crippen LogP contribution in [0.4, 0.5) is 0 Å². The van der Waals surface area contributed by atoms with Gasteiger partial charge in [0.15, 0.2) is 0 Å². The van der Waals surface area contributed by atoms with Gasteiger partial charge in [0, 0.05) is 12.6 Å². The van der Waals surface area contributed by atoms with Crippen LogP contribution in [0.25, 0.3) is 0 Å². The maximum absolute atomic E-state index is 3.46. The SMILES string of the molecule is CCC(=CC(C)CC)CNC(C)C. The number of allylic oxidation sites excluding steroid dienone is 1. The van der Waals surface area contributed by atoms with Crippen molar-refractivity contribution < 1.29 is 0 Å². The molecule has 0 amide bonds. The van der Waals surface area contributed by atoms with Crippen LogP contribution in [-0.4, -0.2) is 12.6 Å². The molecule has 1 heteroatoms. The lowest BCUT2D eigenvalue weighted by atomic mass is 10.0. The van der Waals surface area contributed by atoms with Gasteiger partial charge in [-0.25, -0.2) is 0 Å². The molecule has 78 valence electrons. The molecule has 0 spiro atoms. The number of nitrogens with one attached hydrogen (secondary N) is 1. The molecule has 0 aliphatic carbocycles. The lowest BCUT2D eigenvalue weighted by molar-refractivity contribution is 0.606. The third kappa shape index (κ3) is 6.83. The molecule has 0 fully saturated rings. The molecule has 0 aromatic carbocycles. The minimum absolute atomic E-state index is 0.590. The second kappa shape index (κ2) is 7.14. The fourth-order valence-corrected chi connectivity index (χ4v) is 1.16. The standard InChI is InChI=1S/C12H25N/c1-6-11(5)8-12(7-2)9-13-10(3)4/h8,10-11,13H,6-7,9H2,1-5H3. The van der Waals surface area contributed by atoms with Crippen LogP contribution < -0.4 is 5.32 Å². The quantitative estimate of drug-likeness (QED) is 0.623. The third-order valence-corrected chi connectivity index (χ3v) is 2.36. The van der Waals surface area contributed by atoms with E-state index in [1.54, 1.807) is 5.57 Å². The fraction of sp³-hybridized carbons (Fsp3) is 0.833. The van der Waals surface area contributed by atoms with Crippen molar-refractivity contribution in [2.75, 3.05) is 6.54 Å². The van der Waals surface area contributed by atoms with Crippen molar-refractivity contribution in [3.63, 3.8) is 0 Å². The molecule has 0 aliphatic heterocycles. The minimum Gasteiger partial charge on any atom is -0.311 e. The van der Waals surface area contributed by atoms with E-state index in [0.717, 1.165) is 12.5 Å². The zero-order chi connectivity index (χ0) is 10.3. The zero-order valence-corrected chi connectivity index (χ0v) is 9.85. The van der Waals surface area contributed by atoms with Gasteiger partial charge in [0.2, 0.25) is 0 Å². The van der Waals surface area contributed by atoms with E-state index in [1.807, 2.05) is 0 Å². The maximum Gasteiger partial charge on any atom is 0.0166 e. The van der Waals surface area contributed by atoms with Crippen molar-refractivity contribution in [1.82, 2.24) is 5.32 Å². The van der Waals surface area contributed by atoms with Crippen LogP contribution >= 0.6 is 0 Å². The Balaban J connectivity index is 3.93. The highest BCUT2D eigenvalue weighted by atomic mass is 14.9. The minimum atomic E-state index is 0.590. The summed E-state index contributed by atoms with van der Waals surface area (Å²) in [6.45, 7) is 12.2. The molecular formula is C12H25N. The van der Waals surface area contributed by atoms with Gasteiger partial charge in [-0.1, -0.05) is 52.7 Å². The Morgan fingerprint density at radius 2 is 1.85 bits per heavy atom. The first kappa shape index (κ1) is 12.7. The summed E-state index contributed by atoms with van der Waals surface area (Å²) in [6, 6.07) is 0.590. The summed E-state index contributed by atoms with van der Waals surface area (Å²) >= 11 is 0. The lowest BCUT2D eigenvalue weighted by Gasteiger charge is -2.12. The molecule has 0 aromatic rings. The smallest absolute Gasteiger partial charge is 0.0166 e. The Morgan fingerprint density at radius 1 is 1.23 bits per heavy atom. The molecule has 1 unspecified atom stereocenters. The summed E-state index contributed by atoms with van der Waals surface area (Å²) in [5.41, 5.74) is 1.54. The van der Waals surface area contributed by atoms with E-state index in [9.17, 15) is 0 Å². The highest BCUT2D eigenvalue weighted by Crippen LogP contribution is 2.09. The van der Waals surface area contributed by atoms with Gasteiger partial charge in [0.25, 0.3) is 0 Å². The Bertz CT molecular complexity index is 147. The van der Waals surface area contributed by atoms with Gasteiger partial charge in [-0.2, -0.15) is 0 Å². The van der Waals surface area contributed by atoms with Gasteiger partial charge >= 0.3 is 0 Å². The second-order valence-corrected chi connectivity index (χ2v) is 4.10. The van der Waals surface area contributed by atoms with Crippen LogP contribution in [0.1, 0.15) is 47.5 Å². The van der Waals surface area contributed by atoms with Crippen LogP contribution in [0.15, 0.2) is 11.6 Å². The Labute approximate surface area is 83.6 Å². The van der Waals surface area contributed by atoms with E-state index < -0.39 is 0 Å². The first-order valence-corrected chi connectivity index (χ1v) is 5.53. The predicted molar refractivity (Wildman–Crippen MR) is 61.0 cm³/mol. The average Bonchev–Trinajstić information content (AvgIpc) is 2.11. The topological polar surface area (TPSA) is 12.0 Å². The van der Waals surface area contributed by atoms with Crippen molar-refractivity contribution >= 4 is 0 Å². The van der Waals surface area contributed by atoms with Crippen LogP contribution in [-0.2, 0) is 0 Å².